The van der Waals surface area contributed by atoms with Crippen LogP contribution in [0.2, 0.25) is 0 Å². The van der Waals surface area contributed by atoms with Gasteiger partial charge in [0.1, 0.15) is 6.33 Å². The molecule has 106 valence electrons. The van der Waals surface area contributed by atoms with Crippen LogP contribution in [-0.2, 0) is 4.74 Å². The van der Waals surface area contributed by atoms with E-state index in [1.807, 2.05) is 13.8 Å². The number of anilines is 1. The second-order valence-corrected chi connectivity index (χ2v) is 4.23. The maximum atomic E-state index is 11.3. The van der Waals surface area contributed by atoms with Crippen molar-refractivity contribution in [2.75, 3.05) is 12.8 Å². The molecular formula is C12H15N5O3. The average molecular weight is 277 g/mol. The van der Waals surface area contributed by atoms with Crippen LogP contribution in [0.25, 0.3) is 5.82 Å². The molecular weight excluding hydrogens is 262 g/mol. The first kappa shape index (κ1) is 13.8. The molecule has 0 aromatic carbocycles. The van der Waals surface area contributed by atoms with E-state index in [4.69, 9.17) is 10.5 Å². The van der Waals surface area contributed by atoms with Crippen LogP contribution in [0.3, 0.4) is 0 Å². The number of pyridine rings is 1. The van der Waals surface area contributed by atoms with Gasteiger partial charge in [0.15, 0.2) is 5.82 Å². The largest absolute Gasteiger partial charge is 0.473 e. The number of nitrogen functional groups attached to an aromatic ring is 1. The summed E-state index contributed by atoms with van der Waals surface area (Å²) >= 11 is 0. The summed E-state index contributed by atoms with van der Waals surface area (Å²) in [6, 6.07) is 3.30. The molecule has 0 saturated carbocycles. The van der Waals surface area contributed by atoms with Gasteiger partial charge in [0.25, 0.3) is 5.82 Å². The maximum Gasteiger partial charge on any atom is 0.377 e. The number of nitrogens with zero attached hydrogens (tertiary/aromatic N) is 4. The highest BCUT2D eigenvalue weighted by Crippen LogP contribution is 2.21. The van der Waals surface area contributed by atoms with E-state index in [1.54, 1.807) is 12.1 Å². The number of methoxy groups -OCH3 is 1. The van der Waals surface area contributed by atoms with Gasteiger partial charge >= 0.3 is 5.97 Å². The summed E-state index contributed by atoms with van der Waals surface area (Å²) in [7, 11) is 1.26. The Morgan fingerprint density at radius 1 is 1.40 bits per heavy atom. The predicted molar refractivity (Wildman–Crippen MR) is 70.7 cm³/mol. The molecule has 0 fully saturated rings. The lowest BCUT2D eigenvalue weighted by Gasteiger charge is -2.11. The number of carbonyl (C=O) groups is 1. The van der Waals surface area contributed by atoms with E-state index in [9.17, 15) is 4.79 Å². The molecule has 20 heavy (non-hydrogen) atoms. The van der Waals surface area contributed by atoms with Crippen LogP contribution in [0.5, 0.6) is 5.88 Å². The van der Waals surface area contributed by atoms with Gasteiger partial charge in [-0.2, -0.15) is 4.98 Å². The smallest absolute Gasteiger partial charge is 0.377 e. The number of rotatable bonds is 4. The summed E-state index contributed by atoms with van der Waals surface area (Å²) in [5.41, 5.74) is 6.21. The molecule has 0 aliphatic rings. The summed E-state index contributed by atoms with van der Waals surface area (Å²) in [5, 5.41) is 3.97. The van der Waals surface area contributed by atoms with Gasteiger partial charge in [0.05, 0.1) is 18.9 Å². The number of aromatic nitrogens is 4. The van der Waals surface area contributed by atoms with Crippen LogP contribution >= 0.6 is 0 Å². The fourth-order valence-corrected chi connectivity index (χ4v) is 1.44. The van der Waals surface area contributed by atoms with E-state index < -0.39 is 5.97 Å². The third-order valence-corrected chi connectivity index (χ3v) is 2.32. The zero-order valence-corrected chi connectivity index (χ0v) is 11.4. The van der Waals surface area contributed by atoms with Gasteiger partial charge in [-0.25, -0.2) is 14.5 Å². The molecule has 0 unspecified atom stereocenters. The normalized spacial score (nSPS) is 10.6. The highest BCUT2D eigenvalue weighted by molar-refractivity contribution is 5.84. The third-order valence-electron chi connectivity index (χ3n) is 2.32. The van der Waals surface area contributed by atoms with Crippen molar-refractivity contribution in [2.24, 2.45) is 0 Å². The summed E-state index contributed by atoms with van der Waals surface area (Å²) < 4.78 is 11.4. The van der Waals surface area contributed by atoms with Crippen molar-refractivity contribution in [3.8, 4) is 11.7 Å². The van der Waals surface area contributed by atoms with Crippen molar-refractivity contribution in [2.45, 2.75) is 20.0 Å². The molecule has 0 aliphatic carbocycles. The first-order valence-corrected chi connectivity index (χ1v) is 5.94. The molecule has 0 atom stereocenters. The number of hydrogen-bond acceptors (Lipinski definition) is 7. The number of nitrogens with two attached hydrogens (primary N) is 1. The number of carbonyl (C=O) groups excluding carboxylic acids is 1. The number of esters is 1. The van der Waals surface area contributed by atoms with E-state index in [0.717, 1.165) is 0 Å². The van der Waals surface area contributed by atoms with Crippen molar-refractivity contribution >= 4 is 11.7 Å². The first-order valence-electron chi connectivity index (χ1n) is 5.94. The molecule has 0 aliphatic heterocycles. The topological polar surface area (TPSA) is 105 Å². The minimum Gasteiger partial charge on any atom is -0.473 e. The Labute approximate surface area is 115 Å². The minimum atomic E-state index is -0.613. The standard InChI is InChI=1S/C12H15N5O3/c1-7(2)20-11-8(13)4-5-9(15-11)17-6-14-10(16-17)12(18)19-3/h4-7H,13H2,1-3H3. The minimum absolute atomic E-state index is 0.0440. The van der Waals surface area contributed by atoms with E-state index in [0.29, 0.717) is 17.4 Å². The second-order valence-electron chi connectivity index (χ2n) is 4.23. The summed E-state index contributed by atoms with van der Waals surface area (Å²) in [4.78, 5) is 19.4. The van der Waals surface area contributed by atoms with Crippen molar-refractivity contribution < 1.29 is 14.3 Å². The van der Waals surface area contributed by atoms with E-state index >= 15 is 0 Å². The van der Waals surface area contributed by atoms with Crippen molar-refractivity contribution in [3.05, 3.63) is 24.3 Å². The quantitative estimate of drug-likeness (QED) is 0.824. The molecule has 2 N–H and O–H groups in total. The van der Waals surface area contributed by atoms with Gasteiger partial charge in [0.2, 0.25) is 5.88 Å². The lowest BCUT2D eigenvalue weighted by molar-refractivity contribution is 0.0587. The highest BCUT2D eigenvalue weighted by atomic mass is 16.5. The molecule has 0 saturated heterocycles. The summed E-state index contributed by atoms with van der Waals surface area (Å²) in [6.45, 7) is 3.75. The molecule has 2 aromatic heterocycles. The Hall–Kier alpha value is -2.64. The molecule has 2 aromatic rings. The van der Waals surface area contributed by atoms with Crippen LogP contribution in [0.1, 0.15) is 24.5 Å². The van der Waals surface area contributed by atoms with Crippen molar-refractivity contribution in [3.63, 3.8) is 0 Å². The summed E-state index contributed by atoms with van der Waals surface area (Å²) in [6.07, 6.45) is 1.31. The zero-order valence-electron chi connectivity index (χ0n) is 11.4. The van der Waals surface area contributed by atoms with E-state index in [2.05, 4.69) is 19.8 Å². The monoisotopic (exact) mass is 277 g/mol. The van der Waals surface area contributed by atoms with E-state index in [-0.39, 0.29) is 11.9 Å². The lowest BCUT2D eigenvalue weighted by atomic mass is 10.4. The van der Waals surface area contributed by atoms with Crippen LogP contribution in [0, 0.1) is 0 Å². The Bertz CT molecular complexity index is 623. The number of hydrogen-bond donors (Lipinski definition) is 1. The van der Waals surface area contributed by atoms with Crippen LogP contribution in [0.15, 0.2) is 18.5 Å². The van der Waals surface area contributed by atoms with Gasteiger partial charge in [-0.05, 0) is 26.0 Å². The van der Waals surface area contributed by atoms with Crippen molar-refractivity contribution in [1.29, 1.82) is 0 Å². The molecule has 0 spiro atoms. The molecule has 8 nitrogen and oxygen atoms in total. The van der Waals surface area contributed by atoms with Crippen LogP contribution in [0.4, 0.5) is 5.69 Å². The van der Waals surface area contributed by atoms with Gasteiger partial charge < -0.3 is 15.2 Å². The fourth-order valence-electron chi connectivity index (χ4n) is 1.44. The fraction of sp³-hybridized carbons (Fsp3) is 0.333. The predicted octanol–water partition coefficient (Wildman–Crippen LogP) is 0.818. The van der Waals surface area contributed by atoms with Crippen molar-refractivity contribution in [1.82, 2.24) is 19.7 Å². The second kappa shape index (κ2) is 5.55. The third kappa shape index (κ3) is 2.85. The first-order chi connectivity index (χ1) is 9.51. The Morgan fingerprint density at radius 2 is 2.15 bits per heavy atom. The molecule has 8 heteroatoms. The van der Waals surface area contributed by atoms with Crippen LogP contribution < -0.4 is 10.5 Å². The average Bonchev–Trinajstić information content (AvgIpc) is 2.89. The molecule has 2 rings (SSSR count). The molecule has 2 heterocycles. The SMILES string of the molecule is COC(=O)c1ncn(-c2ccc(N)c(OC(C)C)n2)n1. The molecule has 0 radical (unpaired) electrons. The lowest BCUT2D eigenvalue weighted by Crippen LogP contribution is -2.11. The maximum absolute atomic E-state index is 11.3. The Balaban J connectivity index is 2.33. The summed E-state index contributed by atoms with van der Waals surface area (Å²) in [5.74, 6) is 0.0976. The Kier molecular flexibility index (Phi) is 3.83. The van der Waals surface area contributed by atoms with E-state index in [1.165, 1.54) is 18.1 Å². The molecule has 0 amide bonds. The Morgan fingerprint density at radius 3 is 2.80 bits per heavy atom. The van der Waals surface area contributed by atoms with Gasteiger partial charge in [-0.3, -0.25) is 0 Å². The zero-order chi connectivity index (χ0) is 14.7. The number of ether oxygens (including phenoxy) is 2. The van der Waals surface area contributed by atoms with Crippen LogP contribution in [-0.4, -0.2) is 38.9 Å². The molecule has 0 bridgehead atoms. The van der Waals surface area contributed by atoms with Gasteiger partial charge in [0, 0.05) is 0 Å². The van der Waals surface area contributed by atoms with Gasteiger partial charge in [-0.15, -0.1) is 5.10 Å². The van der Waals surface area contributed by atoms with Gasteiger partial charge in [-0.1, -0.05) is 0 Å². The highest BCUT2D eigenvalue weighted by Gasteiger charge is 2.14.